The maximum atomic E-state index is 13.5. The summed E-state index contributed by atoms with van der Waals surface area (Å²) in [6.07, 6.45) is -1.89. The average molecular weight is 495 g/mol. The molecule has 2 aromatic rings. The Morgan fingerprint density at radius 2 is 1.79 bits per heavy atom. The van der Waals surface area contributed by atoms with E-state index in [0.717, 1.165) is 10.0 Å². The number of nitrogens with zero attached hydrogens (tertiary/aromatic N) is 1. The van der Waals surface area contributed by atoms with Gasteiger partial charge >= 0.3 is 6.09 Å². The Hall–Kier alpha value is -2.86. The molecular formula is C23H30N2O8S. The van der Waals surface area contributed by atoms with E-state index < -0.39 is 40.9 Å². The second-order valence-electron chi connectivity index (χ2n) is 7.86. The van der Waals surface area contributed by atoms with Gasteiger partial charge in [-0.3, -0.25) is 4.84 Å². The summed E-state index contributed by atoms with van der Waals surface area (Å²) in [5, 5.41) is 22.5. The Balaban J connectivity index is 1.88. The SMILES string of the molecule is CCC(CC)ON(C[C@H](O)[C@H](Cc1ccccc1)NC(=O)O)S(=O)(=O)c1ccc2c(c1)OCO2. The average Bonchev–Trinajstić information content (AvgIpc) is 3.29. The number of ether oxygens (including phenoxy) is 2. The molecule has 1 aliphatic rings. The maximum absolute atomic E-state index is 13.5. The predicted molar refractivity (Wildman–Crippen MR) is 123 cm³/mol. The summed E-state index contributed by atoms with van der Waals surface area (Å²) < 4.78 is 38.3. The first-order valence-electron chi connectivity index (χ1n) is 11.0. The van der Waals surface area contributed by atoms with Crippen LogP contribution in [0.15, 0.2) is 53.4 Å². The molecule has 2 atom stereocenters. The molecule has 11 heteroatoms. The summed E-state index contributed by atoms with van der Waals surface area (Å²) in [4.78, 5) is 17.1. The molecule has 0 aromatic heterocycles. The molecule has 0 fully saturated rings. The van der Waals surface area contributed by atoms with Crippen molar-refractivity contribution >= 4 is 16.1 Å². The molecule has 3 rings (SSSR count). The number of rotatable bonds is 12. The van der Waals surface area contributed by atoms with E-state index in [1.807, 2.05) is 19.9 Å². The number of benzene rings is 2. The minimum absolute atomic E-state index is 0.00642. The quantitative estimate of drug-likeness (QED) is 0.384. The first kappa shape index (κ1) is 25.8. The van der Waals surface area contributed by atoms with Crippen molar-refractivity contribution in [3.05, 3.63) is 54.1 Å². The van der Waals surface area contributed by atoms with Gasteiger partial charge in [0.2, 0.25) is 6.79 Å². The van der Waals surface area contributed by atoms with Crippen LogP contribution in [0, 0.1) is 0 Å². The monoisotopic (exact) mass is 494 g/mol. The molecule has 0 spiro atoms. The van der Waals surface area contributed by atoms with E-state index in [0.29, 0.717) is 24.3 Å². The van der Waals surface area contributed by atoms with Gasteiger partial charge < -0.3 is 25.0 Å². The fraction of sp³-hybridized carbons (Fsp3) is 0.435. The Labute approximate surface area is 199 Å². The zero-order chi connectivity index (χ0) is 24.7. The molecule has 10 nitrogen and oxygen atoms in total. The van der Waals surface area contributed by atoms with Crippen LogP contribution < -0.4 is 14.8 Å². The van der Waals surface area contributed by atoms with E-state index in [2.05, 4.69) is 5.32 Å². The number of fused-ring (bicyclic) bond motifs is 1. The summed E-state index contributed by atoms with van der Waals surface area (Å²) in [6.45, 7) is 3.24. The topological polar surface area (TPSA) is 135 Å². The number of hydroxylamine groups is 1. The third-order valence-electron chi connectivity index (χ3n) is 5.50. The number of nitrogens with one attached hydrogen (secondary N) is 1. The summed E-state index contributed by atoms with van der Waals surface area (Å²) in [6, 6.07) is 12.2. The number of carbonyl (C=O) groups is 1. The Morgan fingerprint density at radius 3 is 2.44 bits per heavy atom. The molecule has 186 valence electrons. The normalized spacial score (nSPS) is 14.9. The van der Waals surface area contributed by atoms with Gasteiger partial charge in [-0.15, -0.1) is 0 Å². The van der Waals surface area contributed by atoms with Crippen LogP contribution in [0.4, 0.5) is 4.79 Å². The Kier molecular flexibility index (Phi) is 8.72. The van der Waals surface area contributed by atoms with Crippen LogP contribution in [0.5, 0.6) is 11.5 Å². The largest absolute Gasteiger partial charge is 0.465 e. The van der Waals surface area contributed by atoms with Gasteiger partial charge in [-0.2, -0.15) is 0 Å². The highest BCUT2D eigenvalue weighted by atomic mass is 32.2. The van der Waals surface area contributed by atoms with E-state index >= 15 is 0 Å². The van der Waals surface area contributed by atoms with Crippen molar-refractivity contribution in [2.75, 3.05) is 13.3 Å². The highest BCUT2D eigenvalue weighted by molar-refractivity contribution is 7.89. The first-order chi connectivity index (χ1) is 16.2. The van der Waals surface area contributed by atoms with Crippen molar-refractivity contribution in [3.8, 4) is 11.5 Å². The number of aliphatic hydroxyl groups is 1. The molecule has 1 amide bonds. The third kappa shape index (κ3) is 6.38. The van der Waals surface area contributed by atoms with Crippen molar-refractivity contribution in [1.82, 2.24) is 9.79 Å². The van der Waals surface area contributed by atoms with Gasteiger partial charge in [0, 0.05) is 6.07 Å². The molecule has 2 aromatic carbocycles. The first-order valence-corrected chi connectivity index (χ1v) is 12.5. The molecule has 1 heterocycles. The van der Waals surface area contributed by atoms with Crippen LogP contribution in [0.25, 0.3) is 0 Å². The van der Waals surface area contributed by atoms with Gasteiger partial charge in [0.15, 0.2) is 11.5 Å². The minimum Gasteiger partial charge on any atom is -0.465 e. The van der Waals surface area contributed by atoms with Gasteiger partial charge in [-0.05, 0) is 37.0 Å². The zero-order valence-corrected chi connectivity index (χ0v) is 19.9. The highest BCUT2D eigenvalue weighted by Crippen LogP contribution is 2.35. The maximum Gasteiger partial charge on any atom is 0.404 e. The number of sulfonamides is 1. The minimum atomic E-state index is -4.23. The lowest BCUT2D eigenvalue weighted by atomic mass is 10.0. The van der Waals surface area contributed by atoms with E-state index in [9.17, 15) is 23.4 Å². The molecule has 0 unspecified atom stereocenters. The summed E-state index contributed by atoms with van der Waals surface area (Å²) in [5.41, 5.74) is 0.784. The second kappa shape index (κ2) is 11.5. The van der Waals surface area contributed by atoms with Crippen LogP contribution in [0.3, 0.4) is 0 Å². The molecule has 0 aliphatic carbocycles. The second-order valence-corrected chi connectivity index (χ2v) is 9.69. The molecule has 0 saturated heterocycles. The summed E-state index contributed by atoms with van der Waals surface area (Å²) >= 11 is 0. The molecule has 1 aliphatic heterocycles. The standard InChI is InChI=1S/C23H30N2O8S/c1-3-17(4-2)33-25(34(29,30)18-10-11-21-22(13-18)32-15-31-21)14-20(26)19(24-23(27)28)12-16-8-6-5-7-9-16/h5-11,13,17,19-20,24,26H,3-4,12,14-15H2,1-2H3,(H,27,28)/t19-,20-/m0/s1. The molecular weight excluding hydrogens is 464 g/mol. The third-order valence-corrected chi connectivity index (χ3v) is 7.12. The molecule has 34 heavy (non-hydrogen) atoms. The van der Waals surface area contributed by atoms with Crippen molar-refractivity contribution in [2.24, 2.45) is 0 Å². The lowest BCUT2D eigenvalue weighted by molar-refractivity contribution is -0.149. The number of aliphatic hydroxyl groups excluding tert-OH is 1. The van der Waals surface area contributed by atoms with Gasteiger partial charge in [0.25, 0.3) is 10.0 Å². The van der Waals surface area contributed by atoms with Crippen LogP contribution in [-0.2, 0) is 21.3 Å². The van der Waals surface area contributed by atoms with Gasteiger partial charge in [0.05, 0.1) is 29.7 Å². The van der Waals surface area contributed by atoms with E-state index in [1.165, 1.54) is 18.2 Å². The lowest BCUT2D eigenvalue weighted by Gasteiger charge is -2.30. The van der Waals surface area contributed by atoms with Gasteiger partial charge in [0.1, 0.15) is 0 Å². The van der Waals surface area contributed by atoms with Crippen LogP contribution in [0.2, 0.25) is 0 Å². The Bertz CT molecular complexity index is 1060. The smallest absolute Gasteiger partial charge is 0.404 e. The highest BCUT2D eigenvalue weighted by Gasteiger charge is 2.34. The molecule has 0 radical (unpaired) electrons. The van der Waals surface area contributed by atoms with E-state index in [-0.39, 0.29) is 18.1 Å². The van der Waals surface area contributed by atoms with Crippen LogP contribution in [-0.4, -0.2) is 60.8 Å². The van der Waals surface area contributed by atoms with Crippen LogP contribution in [0.1, 0.15) is 32.3 Å². The van der Waals surface area contributed by atoms with Crippen molar-refractivity contribution in [2.45, 2.75) is 56.3 Å². The number of carboxylic acid groups (broad SMARTS) is 1. The number of hydrogen-bond acceptors (Lipinski definition) is 7. The van der Waals surface area contributed by atoms with Crippen molar-refractivity contribution in [1.29, 1.82) is 0 Å². The molecule has 3 N–H and O–H groups in total. The number of amides is 1. The Morgan fingerprint density at radius 1 is 1.12 bits per heavy atom. The van der Waals surface area contributed by atoms with Gasteiger partial charge in [-0.25, -0.2) is 13.2 Å². The zero-order valence-electron chi connectivity index (χ0n) is 19.1. The van der Waals surface area contributed by atoms with Crippen LogP contribution >= 0.6 is 0 Å². The number of hydrogen-bond donors (Lipinski definition) is 3. The fourth-order valence-corrected chi connectivity index (χ4v) is 4.86. The predicted octanol–water partition coefficient (Wildman–Crippen LogP) is 2.77. The fourth-order valence-electron chi connectivity index (χ4n) is 3.55. The summed E-state index contributed by atoms with van der Waals surface area (Å²) in [5.74, 6) is 0.721. The summed E-state index contributed by atoms with van der Waals surface area (Å²) in [7, 11) is -4.23. The molecule has 0 saturated carbocycles. The van der Waals surface area contributed by atoms with Crippen molar-refractivity contribution in [3.63, 3.8) is 0 Å². The van der Waals surface area contributed by atoms with Gasteiger partial charge in [-0.1, -0.05) is 48.6 Å². The van der Waals surface area contributed by atoms with E-state index in [4.69, 9.17) is 14.3 Å². The lowest BCUT2D eigenvalue weighted by Crippen LogP contribution is -2.50. The molecule has 0 bridgehead atoms. The van der Waals surface area contributed by atoms with Crippen molar-refractivity contribution < 1.29 is 37.7 Å². The van der Waals surface area contributed by atoms with E-state index in [1.54, 1.807) is 24.3 Å².